The number of rotatable bonds is 4. The summed E-state index contributed by atoms with van der Waals surface area (Å²) in [5.74, 6) is -0.666. The van der Waals surface area contributed by atoms with E-state index in [1.807, 2.05) is 0 Å². The van der Waals surface area contributed by atoms with Gasteiger partial charge in [0.05, 0.1) is 6.10 Å². The molecular formula is C12H15NO4. The molecule has 1 aromatic heterocycles. The van der Waals surface area contributed by atoms with Crippen molar-refractivity contribution in [3.63, 3.8) is 0 Å². The molecule has 0 saturated carbocycles. The zero-order chi connectivity index (χ0) is 12.3. The zero-order valence-corrected chi connectivity index (χ0v) is 9.68. The van der Waals surface area contributed by atoms with Gasteiger partial charge in [-0.3, -0.25) is 4.98 Å². The normalized spacial score (nSPS) is 19.2. The molecule has 0 amide bonds. The van der Waals surface area contributed by atoms with Crippen LogP contribution >= 0.6 is 0 Å². The lowest BCUT2D eigenvalue weighted by atomic mass is 10.2. The van der Waals surface area contributed by atoms with Crippen LogP contribution in [0.25, 0.3) is 0 Å². The molecule has 1 unspecified atom stereocenters. The van der Waals surface area contributed by atoms with Gasteiger partial charge >= 0.3 is 5.97 Å². The van der Waals surface area contributed by atoms with Gasteiger partial charge in [-0.2, -0.15) is 0 Å². The van der Waals surface area contributed by atoms with Gasteiger partial charge in [-0.05, 0) is 19.8 Å². The summed E-state index contributed by atoms with van der Waals surface area (Å²) in [4.78, 5) is 14.9. The highest BCUT2D eigenvalue weighted by Crippen LogP contribution is 2.20. The van der Waals surface area contributed by atoms with Gasteiger partial charge < -0.3 is 14.6 Å². The highest BCUT2D eigenvalue weighted by atomic mass is 16.5. The lowest BCUT2D eigenvalue weighted by molar-refractivity contribution is 0.0628. The van der Waals surface area contributed by atoms with Crippen molar-refractivity contribution >= 4 is 5.97 Å². The molecule has 2 heterocycles. The predicted octanol–water partition coefficient (Wildman–Crippen LogP) is 1.65. The zero-order valence-electron chi connectivity index (χ0n) is 9.68. The first-order valence-electron chi connectivity index (χ1n) is 5.61. The largest absolute Gasteiger partial charge is 0.490 e. The standard InChI is InChI=1S/C12H15NO4/c1-8-5-11(10(6-13-8)12(14)15)17-7-9-3-2-4-16-9/h5-6,9H,2-4,7H2,1H3,(H,14,15). The van der Waals surface area contributed by atoms with Crippen molar-refractivity contribution in [2.75, 3.05) is 13.2 Å². The van der Waals surface area contributed by atoms with Gasteiger partial charge in [0.1, 0.15) is 17.9 Å². The van der Waals surface area contributed by atoms with E-state index >= 15 is 0 Å². The minimum atomic E-state index is -1.03. The van der Waals surface area contributed by atoms with Crippen LogP contribution < -0.4 is 4.74 Å². The third-order valence-electron chi connectivity index (χ3n) is 2.68. The molecule has 92 valence electrons. The Bertz CT molecular complexity index is 413. The highest BCUT2D eigenvalue weighted by molar-refractivity contribution is 5.90. The number of hydrogen-bond donors (Lipinski definition) is 1. The van der Waals surface area contributed by atoms with Crippen molar-refractivity contribution in [1.82, 2.24) is 4.98 Å². The first kappa shape index (κ1) is 11.9. The quantitative estimate of drug-likeness (QED) is 0.862. The van der Waals surface area contributed by atoms with Crippen LogP contribution in [-0.2, 0) is 4.74 Å². The first-order valence-corrected chi connectivity index (χ1v) is 5.61. The van der Waals surface area contributed by atoms with E-state index in [1.54, 1.807) is 13.0 Å². The van der Waals surface area contributed by atoms with Crippen molar-refractivity contribution in [2.45, 2.75) is 25.9 Å². The Balaban J connectivity index is 2.07. The number of ether oxygens (including phenoxy) is 2. The molecule has 0 aliphatic carbocycles. The van der Waals surface area contributed by atoms with Crippen molar-refractivity contribution < 1.29 is 19.4 Å². The monoisotopic (exact) mass is 237 g/mol. The maximum atomic E-state index is 11.0. The van der Waals surface area contributed by atoms with Gasteiger partial charge in [-0.15, -0.1) is 0 Å². The van der Waals surface area contributed by atoms with E-state index in [2.05, 4.69) is 4.98 Å². The number of carboxylic acid groups (broad SMARTS) is 1. The second-order valence-corrected chi connectivity index (χ2v) is 4.07. The van der Waals surface area contributed by atoms with Crippen LogP contribution in [0.3, 0.4) is 0 Å². The van der Waals surface area contributed by atoms with E-state index in [-0.39, 0.29) is 11.7 Å². The number of aromatic carboxylic acids is 1. The minimum Gasteiger partial charge on any atom is -0.490 e. The van der Waals surface area contributed by atoms with E-state index in [0.717, 1.165) is 25.1 Å². The second-order valence-electron chi connectivity index (χ2n) is 4.07. The van der Waals surface area contributed by atoms with Crippen molar-refractivity contribution in [1.29, 1.82) is 0 Å². The van der Waals surface area contributed by atoms with E-state index in [1.165, 1.54) is 6.20 Å². The van der Waals surface area contributed by atoms with E-state index in [0.29, 0.717) is 12.4 Å². The molecule has 1 fully saturated rings. The Hall–Kier alpha value is -1.62. The first-order chi connectivity index (χ1) is 8.16. The van der Waals surface area contributed by atoms with Crippen LogP contribution in [0.4, 0.5) is 0 Å². The van der Waals surface area contributed by atoms with Crippen LogP contribution in [-0.4, -0.2) is 35.4 Å². The molecule has 1 atom stereocenters. The Labute approximate surface area is 99.4 Å². The molecule has 5 nitrogen and oxygen atoms in total. The number of nitrogens with zero attached hydrogens (tertiary/aromatic N) is 1. The van der Waals surface area contributed by atoms with Crippen LogP contribution in [0.1, 0.15) is 28.9 Å². The summed E-state index contributed by atoms with van der Waals surface area (Å²) in [6.45, 7) is 2.95. The second kappa shape index (κ2) is 5.14. The van der Waals surface area contributed by atoms with E-state index in [4.69, 9.17) is 14.6 Å². The molecule has 1 aliphatic rings. The fraction of sp³-hybridized carbons (Fsp3) is 0.500. The number of hydrogen-bond acceptors (Lipinski definition) is 4. The summed E-state index contributed by atoms with van der Waals surface area (Å²) in [6, 6.07) is 1.64. The number of aryl methyl sites for hydroxylation is 1. The van der Waals surface area contributed by atoms with Crippen LogP contribution in [0.2, 0.25) is 0 Å². The molecule has 1 aromatic rings. The number of carbonyl (C=O) groups is 1. The van der Waals surface area contributed by atoms with Gasteiger partial charge in [0.25, 0.3) is 0 Å². The minimum absolute atomic E-state index is 0.0742. The van der Waals surface area contributed by atoms with Gasteiger partial charge in [0, 0.05) is 24.6 Å². The molecular weight excluding hydrogens is 222 g/mol. The SMILES string of the molecule is Cc1cc(OCC2CCCO2)c(C(=O)O)cn1. The molecule has 1 aliphatic heterocycles. The van der Waals surface area contributed by atoms with Crippen molar-refractivity contribution in [3.8, 4) is 5.75 Å². The van der Waals surface area contributed by atoms with Gasteiger partial charge in [0.15, 0.2) is 0 Å². The predicted molar refractivity (Wildman–Crippen MR) is 60.4 cm³/mol. The van der Waals surface area contributed by atoms with Crippen LogP contribution in [0.5, 0.6) is 5.75 Å². The van der Waals surface area contributed by atoms with E-state index < -0.39 is 5.97 Å². The van der Waals surface area contributed by atoms with E-state index in [9.17, 15) is 4.79 Å². The molecule has 0 spiro atoms. The average molecular weight is 237 g/mol. The smallest absolute Gasteiger partial charge is 0.341 e. The highest BCUT2D eigenvalue weighted by Gasteiger charge is 2.18. The van der Waals surface area contributed by atoms with Crippen molar-refractivity contribution in [3.05, 3.63) is 23.5 Å². The molecule has 1 N–H and O–H groups in total. The lowest BCUT2D eigenvalue weighted by Gasteiger charge is -2.13. The third-order valence-corrected chi connectivity index (χ3v) is 2.68. The van der Waals surface area contributed by atoms with Crippen LogP contribution in [0.15, 0.2) is 12.3 Å². The number of pyridine rings is 1. The molecule has 1 saturated heterocycles. The Morgan fingerprint density at radius 2 is 2.53 bits per heavy atom. The summed E-state index contributed by atoms with van der Waals surface area (Å²) in [5.41, 5.74) is 0.825. The molecule has 17 heavy (non-hydrogen) atoms. The summed E-state index contributed by atoms with van der Waals surface area (Å²) in [7, 11) is 0. The fourth-order valence-corrected chi connectivity index (χ4v) is 1.77. The lowest BCUT2D eigenvalue weighted by Crippen LogP contribution is -2.17. The number of carboxylic acids is 1. The summed E-state index contributed by atoms with van der Waals surface area (Å²) in [6.07, 6.45) is 3.40. The fourth-order valence-electron chi connectivity index (χ4n) is 1.77. The Morgan fingerprint density at radius 3 is 3.18 bits per heavy atom. The van der Waals surface area contributed by atoms with Crippen molar-refractivity contribution in [2.24, 2.45) is 0 Å². The third kappa shape index (κ3) is 2.94. The Morgan fingerprint density at radius 1 is 1.71 bits per heavy atom. The summed E-state index contributed by atoms with van der Waals surface area (Å²) >= 11 is 0. The maximum absolute atomic E-state index is 11.0. The Kier molecular flexibility index (Phi) is 3.58. The number of aromatic nitrogens is 1. The summed E-state index contributed by atoms with van der Waals surface area (Å²) in [5, 5.41) is 9.00. The molecule has 0 aromatic carbocycles. The average Bonchev–Trinajstić information content (AvgIpc) is 2.78. The molecule has 2 rings (SSSR count). The van der Waals surface area contributed by atoms with Gasteiger partial charge in [0.2, 0.25) is 0 Å². The summed E-state index contributed by atoms with van der Waals surface area (Å²) < 4.78 is 10.9. The topological polar surface area (TPSA) is 68.7 Å². The van der Waals surface area contributed by atoms with Crippen LogP contribution in [0, 0.1) is 6.92 Å². The molecule has 5 heteroatoms. The van der Waals surface area contributed by atoms with Gasteiger partial charge in [-0.1, -0.05) is 0 Å². The maximum Gasteiger partial charge on any atom is 0.341 e. The molecule has 0 radical (unpaired) electrons. The van der Waals surface area contributed by atoms with Gasteiger partial charge in [-0.25, -0.2) is 4.79 Å². The molecule has 0 bridgehead atoms.